The molecule has 3 aromatic rings. The Kier molecular flexibility index (Phi) is 4.15. The number of nitrogens with zero attached hydrogens (tertiary/aromatic N) is 2. The Bertz CT molecular complexity index is 906. The Morgan fingerprint density at radius 2 is 2.04 bits per heavy atom. The van der Waals surface area contributed by atoms with Crippen molar-refractivity contribution in [1.82, 2.24) is 9.78 Å². The standard InChI is InChI=1S/C16H12Cl2N2O3/c1-23-11-4-5-12-14(7-11)20(19-15(12)16(21)22)8-9-2-3-10(17)6-13(9)18/h2-7H,8H2,1H3,(H,21,22). The first-order valence-electron chi connectivity index (χ1n) is 6.71. The van der Waals surface area contributed by atoms with Crippen molar-refractivity contribution in [2.75, 3.05) is 7.11 Å². The molecule has 0 aliphatic carbocycles. The second kappa shape index (κ2) is 6.10. The van der Waals surface area contributed by atoms with Gasteiger partial charge in [-0.2, -0.15) is 5.10 Å². The number of hydrogen-bond donors (Lipinski definition) is 1. The van der Waals surface area contributed by atoms with E-state index in [4.69, 9.17) is 27.9 Å². The Labute approximate surface area is 142 Å². The highest BCUT2D eigenvalue weighted by atomic mass is 35.5. The van der Waals surface area contributed by atoms with Gasteiger partial charge < -0.3 is 9.84 Å². The van der Waals surface area contributed by atoms with Crippen LogP contribution in [-0.4, -0.2) is 28.0 Å². The third kappa shape index (κ3) is 2.98. The van der Waals surface area contributed by atoms with Crippen LogP contribution < -0.4 is 4.74 Å². The molecule has 0 saturated heterocycles. The van der Waals surface area contributed by atoms with Gasteiger partial charge in [0, 0.05) is 21.5 Å². The zero-order chi connectivity index (χ0) is 16.6. The topological polar surface area (TPSA) is 64.3 Å². The number of halogens is 2. The Balaban J connectivity index is 2.14. The second-order valence-corrected chi connectivity index (χ2v) is 5.77. The summed E-state index contributed by atoms with van der Waals surface area (Å²) in [7, 11) is 1.55. The fourth-order valence-electron chi connectivity index (χ4n) is 2.37. The zero-order valence-electron chi connectivity index (χ0n) is 12.1. The Hall–Kier alpha value is -2.24. The minimum atomic E-state index is -1.08. The van der Waals surface area contributed by atoms with Crippen LogP contribution in [0.5, 0.6) is 5.75 Å². The molecule has 7 heteroatoms. The van der Waals surface area contributed by atoms with Crippen molar-refractivity contribution >= 4 is 40.1 Å². The number of carbonyl (C=O) groups is 1. The first-order chi connectivity index (χ1) is 11.0. The summed E-state index contributed by atoms with van der Waals surface area (Å²) in [6.45, 7) is 0.326. The van der Waals surface area contributed by atoms with E-state index in [2.05, 4.69) is 5.10 Å². The van der Waals surface area contributed by atoms with Gasteiger partial charge in [0.05, 0.1) is 19.2 Å². The van der Waals surface area contributed by atoms with E-state index < -0.39 is 5.97 Å². The molecule has 0 saturated carbocycles. The maximum atomic E-state index is 11.4. The molecule has 1 aromatic heterocycles. The lowest BCUT2D eigenvalue weighted by Crippen LogP contribution is -2.05. The van der Waals surface area contributed by atoms with Crippen molar-refractivity contribution in [3.63, 3.8) is 0 Å². The summed E-state index contributed by atoms with van der Waals surface area (Å²) in [5.74, 6) is -0.459. The molecular weight excluding hydrogens is 339 g/mol. The number of carboxylic acids is 1. The van der Waals surface area contributed by atoms with Crippen LogP contribution in [0, 0.1) is 0 Å². The molecule has 3 rings (SSSR count). The highest BCUT2D eigenvalue weighted by molar-refractivity contribution is 6.35. The summed E-state index contributed by atoms with van der Waals surface area (Å²) in [4.78, 5) is 11.4. The van der Waals surface area contributed by atoms with Gasteiger partial charge in [-0.25, -0.2) is 4.79 Å². The van der Waals surface area contributed by atoms with Crippen LogP contribution in [0.3, 0.4) is 0 Å². The molecule has 5 nitrogen and oxygen atoms in total. The van der Waals surface area contributed by atoms with E-state index in [1.54, 1.807) is 48.2 Å². The molecule has 0 spiro atoms. The van der Waals surface area contributed by atoms with E-state index >= 15 is 0 Å². The van der Waals surface area contributed by atoms with Crippen LogP contribution in [-0.2, 0) is 6.54 Å². The second-order valence-electron chi connectivity index (χ2n) is 4.93. The van der Waals surface area contributed by atoms with Crippen molar-refractivity contribution in [2.45, 2.75) is 6.54 Å². The molecule has 118 valence electrons. The average molecular weight is 351 g/mol. The number of hydrogen-bond acceptors (Lipinski definition) is 3. The number of aromatic nitrogens is 2. The molecule has 1 heterocycles. The first-order valence-corrected chi connectivity index (χ1v) is 7.47. The van der Waals surface area contributed by atoms with Crippen molar-refractivity contribution in [3.8, 4) is 5.75 Å². The summed E-state index contributed by atoms with van der Waals surface area (Å²) in [5.41, 5.74) is 1.45. The molecule has 0 aliphatic rings. The molecule has 0 fully saturated rings. The Morgan fingerprint density at radius 3 is 2.70 bits per heavy atom. The van der Waals surface area contributed by atoms with Gasteiger partial charge in [-0.1, -0.05) is 29.3 Å². The van der Waals surface area contributed by atoms with Crippen LogP contribution >= 0.6 is 23.2 Å². The van der Waals surface area contributed by atoms with Gasteiger partial charge >= 0.3 is 5.97 Å². The molecule has 23 heavy (non-hydrogen) atoms. The molecule has 2 aromatic carbocycles. The normalized spacial score (nSPS) is 10.9. The third-order valence-corrected chi connectivity index (χ3v) is 4.08. The van der Waals surface area contributed by atoms with Crippen LogP contribution in [0.2, 0.25) is 10.0 Å². The minimum Gasteiger partial charge on any atom is -0.497 e. The van der Waals surface area contributed by atoms with Crippen LogP contribution in [0.4, 0.5) is 0 Å². The highest BCUT2D eigenvalue weighted by Gasteiger charge is 2.17. The van der Waals surface area contributed by atoms with Crippen LogP contribution in [0.1, 0.15) is 16.1 Å². The Morgan fingerprint density at radius 1 is 1.26 bits per heavy atom. The van der Waals surface area contributed by atoms with Gasteiger partial charge in [-0.3, -0.25) is 4.68 Å². The van der Waals surface area contributed by atoms with Gasteiger partial charge in [0.2, 0.25) is 0 Å². The van der Waals surface area contributed by atoms with Crippen LogP contribution in [0.25, 0.3) is 10.9 Å². The predicted molar refractivity (Wildman–Crippen MR) is 88.8 cm³/mol. The molecule has 0 bridgehead atoms. The lowest BCUT2D eigenvalue weighted by Gasteiger charge is -2.07. The van der Waals surface area contributed by atoms with Gasteiger partial charge in [-0.15, -0.1) is 0 Å². The average Bonchev–Trinajstić information content (AvgIpc) is 2.88. The number of aromatic carboxylic acids is 1. The lowest BCUT2D eigenvalue weighted by molar-refractivity contribution is 0.0691. The molecule has 1 N–H and O–H groups in total. The van der Waals surface area contributed by atoms with E-state index in [0.29, 0.717) is 33.2 Å². The zero-order valence-corrected chi connectivity index (χ0v) is 13.6. The number of ether oxygens (including phenoxy) is 1. The SMILES string of the molecule is COc1ccc2c(C(=O)O)nn(Cc3ccc(Cl)cc3Cl)c2c1. The summed E-state index contributed by atoms with van der Waals surface area (Å²) in [5, 5.41) is 15.1. The minimum absolute atomic E-state index is 0.00672. The van der Waals surface area contributed by atoms with Gasteiger partial charge in [0.1, 0.15) is 5.75 Å². The molecule has 0 atom stereocenters. The summed E-state index contributed by atoms with van der Waals surface area (Å²) < 4.78 is 6.80. The summed E-state index contributed by atoms with van der Waals surface area (Å²) in [6, 6.07) is 10.3. The van der Waals surface area contributed by atoms with E-state index in [1.165, 1.54) is 0 Å². The lowest BCUT2D eigenvalue weighted by atomic mass is 10.2. The maximum Gasteiger partial charge on any atom is 0.357 e. The smallest absolute Gasteiger partial charge is 0.357 e. The number of methoxy groups -OCH3 is 1. The van der Waals surface area contributed by atoms with E-state index in [-0.39, 0.29) is 5.69 Å². The van der Waals surface area contributed by atoms with Crippen molar-refractivity contribution in [1.29, 1.82) is 0 Å². The number of rotatable bonds is 4. The number of carboxylic acid groups (broad SMARTS) is 1. The molecular formula is C16H12Cl2N2O3. The van der Waals surface area contributed by atoms with Gasteiger partial charge in [-0.05, 0) is 29.8 Å². The predicted octanol–water partition coefficient (Wildman–Crippen LogP) is 4.10. The van der Waals surface area contributed by atoms with E-state index in [9.17, 15) is 9.90 Å². The monoisotopic (exact) mass is 350 g/mol. The molecule has 0 radical (unpaired) electrons. The summed E-state index contributed by atoms with van der Waals surface area (Å²) in [6.07, 6.45) is 0. The first kappa shape index (κ1) is 15.6. The number of benzene rings is 2. The molecule has 0 unspecified atom stereocenters. The van der Waals surface area contributed by atoms with Crippen molar-refractivity contribution < 1.29 is 14.6 Å². The van der Waals surface area contributed by atoms with Crippen molar-refractivity contribution in [3.05, 3.63) is 57.7 Å². The third-order valence-electron chi connectivity index (χ3n) is 3.50. The quantitative estimate of drug-likeness (QED) is 0.769. The van der Waals surface area contributed by atoms with Crippen molar-refractivity contribution in [2.24, 2.45) is 0 Å². The van der Waals surface area contributed by atoms with Gasteiger partial charge in [0.25, 0.3) is 0 Å². The van der Waals surface area contributed by atoms with E-state index in [0.717, 1.165) is 5.56 Å². The maximum absolute atomic E-state index is 11.4. The largest absolute Gasteiger partial charge is 0.497 e. The fourth-order valence-corrected chi connectivity index (χ4v) is 2.84. The van der Waals surface area contributed by atoms with Crippen LogP contribution in [0.15, 0.2) is 36.4 Å². The van der Waals surface area contributed by atoms with Gasteiger partial charge in [0.15, 0.2) is 5.69 Å². The summed E-state index contributed by atoms with van der Waals surface area (Å²) >= 11 is 12.1. The number of fused-ring (bicyclic) bond motifs is 1. The van der Waals surface area contributed by atoms with E-state index in [1.807, 2.05) is 0 Å². The highest BCUT2D eigenvalue weighted by Crippen LogP contribution is 2.27. The molecule has 0 amide bonds. The molecule has 0 aliphatic heterocycles. The fraction of sp³-hybridized carbons (Fsp3) is 0.125.